The Balaban J connectivity index is 1.68. The Labute approximate surface area is 149 Å². The van der Waals surface area contributed by atoms with E-state index in [2.05, 4.69) is 20.8 Å². The average Bonchev–Trinajstić information content (AvgIpc) is 3.07. The Morgan fingerprint density at radius 1 is 1.20 bits per heavy atom. The molecule has 5 heteroatoms. The van der Waals surface area contributed by atoms with Crippen LogP contribution in [0.3, 0.4) is 0 Å². The summed E-state index contributed by atoms with van der Waals surface area (Å²) in [5.74, 6) is 0.333. The van der Waals surface area contributed by atoms with Crippen LogP contribution in [0.15, 0.2) is 11.6 Å². The molecule has 0 aromatic carbocycles. The number of carbonyl (C=O) groups excluding carboxylic acids is 1. The average molecular weight is 350 g/mol. The summed E-state index contributed by atoms with van der Waals surface area (Å²) in [6.07, 6.45) is 6.06. The van der Waals surface area contributed by atoms with Crippen LogP contribution in [0.4, 0.5) is 0 Å². The molecule has 0 aromatic rings. The molecule has 2 aliphatic heterocycles. The summed E-state index contributed by atoms with van der Waals surface area (Å²) in [7, 11) is 0. The van der Waals surface area contributed by atoms with Crippen LogP contribution < -0.4 is 0 Å². The van der Waals surface area contributed by atoms with Crippen molar-refractivity contribution in [2.24, 2.45) is 22.7 Å². The Hall–Kier alpha value is -0.910. The summed E-state index contributed by atoms with van der Waals surface area (Å²) in [5.41, 5.74) is 0.377. The number of fused-ring (bicyclic) bond motifs is 3. The van der Waals surface area contributed by atoms with Crippen LogP contribution in [0.25, 0.3) is 0 Å². The van der Waals surface area contributed by atoms with E-state index in [0.29, 0.717) is 16.9 Å². The predicted octanol–water partition coefficient (Wildman–Crippen LogP) is 2.55. The Bertz CT molecular complexity index is 611. The minimum Gasteiger partial charge on any atom is -0.429 e. The first-order valence-corrected chi connectivity index (χ1v) is 9.61. The highest BCUT2D eigenvalue weighted by Gasteiger charge is 2.64. The fourth-order valence-electron chi connectivity index (χ4n) is 6.74. The first kappa shape index (κ1) is 17.5. The number of hydrogen-bond donors (Lipinski definition) is 2. The van der Waals surface area contributed by atoms with E-state index in [-0.39, 0.29) is 24.0 Å². The third kappa shape index (κ3) is 2.42. The van der Waals surface area contributed by atoms with Crippen LogP contribution in [0, 0.1) is 22.7 Å². The van der Waals surface area contributed by atoms with E-state index >= 15 is 0 Å². The summed E-state index contributed by atoms with van der Waals surface area (Å²) in [6, 6.07) is 0. The van der Waals surface area contributed by atoms with E-state index in [1.54, 1.807) is 0 Å². The van der Waals surface area contributed by atoms with E-state index in [4.69, 9.17) is 9.47 Å². The third-order valence-corrected chi connectivity index (χ3v) is 7.83. The second kappa shape index (κ2) is 5.54. The lowest BCUT2D eigenvalue weighted by atomic mass is 9.45. The molecule has 0 radical (unpaired) electrons. The van der Waals surface area contributed by atoms with Crippen molar-refractivity contribution in [3.05, 3.63) is 11.6 Å². The van der Waals surface area contributed by atoms with Crippen molar-refractivity contribution >= 4 is 5.97 Å². The van der Waals surface area contributed by atoms with Crippen LogP contribution in [0.1, 0.15) is 59.3 Å². The summed E-state index contributed by atoms with van der Waals surface area (Å²) in [4.78, 5) is 11.5. The zero-order chi connectivity index (χ0) is 18.0. The van der Waals surface area contributed by atoms with Crippen molar-refractivity contribution in [2.45, 2.75) is 77.3 Å². The van der Waals surface area contributed by atoms with Crippen molar-refractivity contribution in [3.8, 4) is 0 Å². The van der Waals surface area contributed by atoms with E-state index in [1.165, 1.54) is 18.9 Å². The first-order valence-electron chi connectivity index (χ1n) is 9.61. The molecule has 2 saturated carbocycles. The highest BCUT2D eigenvalue weighted by molar-refractivity contribution is 5.85. The van der Waals surface area contributed by atoms with Gasteiger partial charge in [-0.25, -0.2) is 4.79 Å². The molecule has 4 rings (SSSR count). The number of esters is 1. The van der Waals surface area contributed by atoms with Crippen molar-refractivity contribution in [1.29, 1.82) is 0 Å². The molecule has 0 amide bonds. The van der Waals surface area contributed by atoms with Crippen molar-refractivity contribution in [1.82, 2.24) is 0 Å². The van der Waals surface area contributed by atoms with Crippen LogP contribution in [0.2, 0.25) is 0 Å². The van der Waals surface area contributed by atoms with Crippen LogP contribution in [-0.2, 0) is 14.3 Å². The maximum absolute atomic E-state index is 11.5. The Morgan fingerprint density at radius 2 is 1.96 bits per heavy atom. The molecule has 4 aliphatic rings. The number of rotatable bonds is 2. The normalized spacial score (nSPS) is 48.5. The number of aliphatic hydroxyl groups is 2. The molecule has 3 fully saturated rings. The molecule has 5 nitrogen and oxygen atoms in total. The van der Waals surface area contributed by atoms with Gasteiger partial charge in [-0.3, -0.25) is 0 Å². The number of carbonyl (C=O) groups is 1. The van der Waals surface area contributed by atoms with Gasteiger partial charge < -0.3 is 19.7 Å². The fourth-order valence-corrected chi connectivity index (χ4v) is 6.74. The highest BCUT2D eigenvalue weighted by Crippen LogP contribution is 2.66. The summed E-state index contributed by atoms with van der Waals surface area (Å²) >= 11 is 0. The standard InChI is InChI=1S/C20H30O5/c1-18(2)6-4-7-19(3)14(18)5-8-20(11-21)15(19)10-13(25-20)12-9-16(22)24-17(12)23/h9,13-15,17,21,23H,4-8,10-11H2,1-3H3/t13-,14-,15+,17?,19-,20-/m1/s1. The van der Waals surface area contributed by atoms with Gasteiger partial charge in [0.25, 0.3) is 0 Å². The SMILES string of the molecule is CC1(C)CCC[C@]2(C)[C@@H]1CC[C@]1(CO)O[C@@H](C3=CC(=O)OC3O)C[C@H]12. The predicted molar refractivity (Wildman–Crippen MR) is 91.4 cm³/mol. The highest BCUT2D eigenvalue weighted by atomic mass is 16.6. The minimum absolute atomic E-state index is 0.00488. The van der Waals surface area contributed by atoms with Crippen LogP contribution in [-0.4, -0.2) is 40.8 Å². The second-order valence-electron chi connectivity index (χ2n) is 9.49. The quantitative estimate of drug-likeness (QED) is 0.749. The van der Waals surface area contributed by atoms with Crippen molar-refractivity contribution < 1.29 is 24.5 Å². The monoisotopic (exact) mass is 350 g/mol. The van der Waals surface area contributed by atoms with Gasteiger partial charge in [-0.2, -0.15) is 0 Å². The Kier molecular flexibility index (Phi) is 3.88. The van der Waals surface area contributed by atoms with Gasteiger partial charge in [0.15, 0.2) is 0 Å². The zero-order valence-corrected chi connectivity index (χ0v) is 15.5. The number of ether oxygens (including phenoxy) is 2. The van der Waals surface area contributed by atoms with Crippen LogP contribution in [0.5, 0.6) is 0 Å². The third-order valence-electron chi connectivity index (χ3n) is 7.83. The molecular weight excluding hydrogens is 320 g/mol. The lowest BCUT2D eigenvalue weighted by Crippen LogP contribution is -2.58. The minimum atomic E-state index is -1.21. The van der Waals surface area contributed by atoms with Gasteiger partial charge in [0.2, 0.25) is 6.29 Å². The van der Waals surface area contributed by atoms with E-state index < -0.39 is 17.9 Å². The van der Waals surface area contributed by atoms with Gasteiger partial charge in [-0.1, -0.05) is 27.2 Å². The largest absolute Gasteiger partial charge is 0.429 e. The molecule has 25 heavy (non-hydrogen) atoms. The molecule has 2 N–H and O–H groups in total. The maximum atomic E-state index is 11.5. The zero-order valence-electron chi connectivity index (χ0n) is 15.5. The number of hydrogen-bond acceptors (Lipinski definition) is 5. The van der Waals surface area contributed by atoms with Crippen LogP contribution >= 0.6 is 0 Å². The van der Waals surface area contributed by atoms with E-state index in [0.717, 1.165) is 25.7 Å². The molecule has 6 atom stereocenters. The van der Waals surface area contributed by atoms with Crippen molar-refractivity contribution in [2.75, 3.05) is 6.61 Å². The topological polar surface area (TPSA) is 76.0 Å². The van der Waals surface area contributed by atoms with E-state index in [9.17, 15) is 15.0 Å². The molecule has 0 spiro atoms. The summed E-state index contributed by atoms with van der Waals surface area (Å²) in [5, 5.41) is 20.3. The maximum Gasteiger partial charge on any atom is 0.333 e. The van der Waals surface area contributed by atoms with Gasteiger partial charge in [-0.05, 0) is 54.8 Å². The molecule has 2 aliphatic carbocycles. The molecule has 1 saturated heterocycles. The molecular formula is C20H30O5. The fraction of sp³-hybridized carbons (Fsp3) is 0.850. The van der Waals surface area contributed by atoms with E-state index in [1.807, 2.05) is 0 Å². The Morgan fingerprint density at radius 3 is 2.60 bits per heavy atom. The van der Waals surface area contributed by atoms with Gasteiger partial charge in [0.05, 0.1) is 18.3 Å². The molecule has 0 aromatic heterocycles. The molecule has 140 valence electrons. The lowest BCUT2D eigenvalue weighted by molar-refractivity contribution is -0.178. The summed E-state index contributed by atoms with van der Waals surface area (Å²) in [6.45, 7) is 7.13. The summed E-state index contributed by atoms with van der Waals surface area (Å²) < 4.78 is 11.2. The smallest absolute Gasteiger partial charge is 0.333 e. The first-order chi connectivity index (χ1) is 11.7. The number of cyclic esters (lactones) is 1. The second-order valence-corrected chi connectivity index (χ2v) is 9.49. The number of aliphatic hydroxyl groups excluding tert-OH is 2. The van der Waals surface area contributed by atoms with Gasteiger partial charge in [0, 0.05) is 11.6 Å². The van der Waals surface area contributed by atoms with Crippen molar-refractivity contribution in [3.63, 3.8) is 0 Å². The lowest BCUT2D eigenvalue weighted by Gasteiger charge is -2.60. The van der Waals surface area contributed by atoms with Gasteiger partial charge in [0.1, 0.15) is 0 Å². The molecule has 2 heterocycles. The molecule has 1 unspecified atom stereocenters. The molecule has 0 bridgehead atoms. The van der Waals surface area contributed by atoms with Gasteiger partial charge in [-0.15, -0.1) is 0 Å². The van der Waals surface area contributed by atoms with Gasteiger partial charge >= 0.3 is 5.97 Å².